The number of hydrogen-bond acceptors (Lipinski definition) is 3. The summed E-state index contributed by atoms with van der Waals surface area (Å²) in [7, 11) is 3.67. The van der Waals surface area contributed by atoms with E-state index >= 15 is 0 Å². The number of aliphatic imine (C=N–C) groups is 1. The summed E-state index contributed by atoms with van der Waals surface area (Å²) >= 11 is 3.57. The lowest BCUT2D eigenvalue weighted by atomic mass is 10.1. The molecule has 0 aliphatic carbocycles. The zero-order valence-corrected chi connectivity index (χ0v) is 16.8. The highest BCUT2D eigenvalue weighted by Crippen LogP contribution is 2.26. The molecule has 0 radical (unpaired) electrons. The average molecular weight is 409 g/mol. The first-order valence-corrected chi connectivity index (χ1v) is 9.94. The van der Waals surface area contributed by atoms with Gasteiger partial charge in [0.1, 0.15) is 0 Å². The van der Waals surface area contributed by atoms with Crippen LogP contribution in [-0.4, -0.2) is 64.3 Å². The maximum Gasteiger partial charge on any atom is 0.193 e. The number of benzene rings is 1. The lowest BCUT2D eigenvalue weighted by Crippen LogP contribution is -2.42. The fourth-order valence-electron chi connectivity index (χ4n) is 3.87. The number of nitrogens with zero attached hydrogens (tertiary/aromatic N) is 3. The Bertz CT molecular complexity index is 595. The molecule has 5 nitrogen and oxygen atoms in total. The van der Waals surface area contributed by atoms with E-state index in [9.17, 15) is 0 Å². The molecule has 0 bridgehead atoms. The van der Waals surface area contributed by atoms with Gasteiger partial charge in [-0.25, -0.2) is 0 Å². The van der Waals surface area contributed by atoms with Crippen LogP contribution in [-0.2, 0) is 4.74 Å². The first-order valence-electron chi connectivity index (χ1n) is 9.14. The second-order valence-electron chi connectivity index (χ2n) is 7.06. The monoisotopic (exact) mass is 408 g/mol. The first kappa shape index (κ1) is 18.5. The van der Waals surface area contributed by atoms with E-state index in [0.717, 1.165) is 49.8 Å². The van der Waals surface area contributed by atoms with Crippen molar-refractivity contribution in [2.45, 2.75) is 12.8 Å². The van der Waals surface area contributed by atoms with Crippen LogP contribution in [0.2, 0.25) is 0 Å². The van der Waals surface area contributed by atoms with Gasteiger partial charge in [-0.05, 0) is 37.0 Å². The summed E-state index contributed by atoms with van der Waals surface area (Å²) in [5.41, 5.74) is 1.31. The van der Waals surface area contributed by atoms with E-state index in [-0.39, 0.29) is 0 Å². The van der Waals surface area contributed by atoms with Crippen LogP contribution < -0.4 is 10.2 Å². The number of hydrogen-bond donors (Lipinski definition) is 1. The first-order chi connectivity index (χ1) is 12.2. The zero-order valence-electron chi connectivity index (χ0n) is 15.2. The number of anilines is 1. The van der Waals surface area contributed by atoms with Crippen LogP contribution in [0.5, 0.6) is 0 Å². The molecule has 25 heavy (non-hydrogen) atoms. The van der Waals surface area contributed by atoms with Gasteiger partial charge in [-0.2, -0.15) is 0 Å². The van der Waals surface area contributed by atoms with Crippen molar-refractivity contribution < 1.29 is 4.74 Å². The fraction of sp³-hybridized carbons (Fsp3) is 0.632. The second kappa shape index (κ2) is 8.90. The van der Waals surface area contributed by atoms with Gasteiger partial charge in [-0.3, -0.25) is 4.99 Å². The third-order valence-electron chi connectivity index (χ3n) is 5.21. The topological polar surface area (TPSA) is 40.1 Å². The Labute approximate surface area is 159 Å². The molecule has 1 aromatic rings. The summed E-state index contributed by atoms with van der Waals surface area (Å²) < 4.78 is 6.44. The smallest absolute Gasteiger partial charge is 0.193 e. The minimum absolute atomic E-state index is 0.627. The molecular weight excluding hydrogens is 380 g/mol. The summed E-state index contributed by atoms with van der Waals surface area (Å²) in [6.07, 6.45) is 2.41. The van der Waals surface area contributed by atoms with E-state index in [1.54, 1.807) is 7.11 Å². The van der Waals surface area contributed by atoms with Gasteiger partial charge in [0.05, 0.1) is 6.61 Å². The van der Waals surface area contributed by atoms with Crippen LogP contribution in [0, 0.1) is 11.8 Å². The lowest BCUT2D eigenvalue weighted by molar-refractivity contribution is 0.157. The number of nitrogens with one attached hydrogen (secondary N) is 1. The van der Waals surface area contributed by atoms with Crippen molar-refractivity contribution in [2.24, 2.45) is 16.8 Å². The molecule has 0 amide bonds. The van der Waals surface area contributed by atoms with Crippen LogP contribution in [0.4, 0.5) is 5.69 Å². The van der Waals surface area contributed by atoms with Gasteiger partial charge in [-0.1, -0.05) is 22.0 Å². The van der Waals surface area contributed by atoms with Crippen molar-refractivity contribution in [3.8, 4) is 0 Å². The zero-order chi connectivity index (χ0) is 17.6. The van der Waals surface area contributed by atoms with E-state index in [1.807, 2.05) is 7.05 Å². The molecule has 2 fully saturated rings. The molecule has 2 atom stereocenters. The standard InChI is InChI=1S/C19H29BrN4O/c1-21-19(24-9-7-16(13-24)14-25-2)22-11-15-6-8-23(12-15)18-5-3-4-17(20)10-18/h3-5,10,15-16H,6-9,11-14H2,1-2H3,(H,21,22). The molecule has 2 heterocycles. The van der Waals surface area contributed by atoms with Gasteiger partial charge in [0.15, 0.2) is 5.96 Å². The number of rotatable bonds is 5. The quantitative estimate of drug-likeness (QED) is 0.600. The lowest BCUT2D eigenvalue weighted by Gasteiger charge is -2.23. The molecule has 2 unspecified atom stereocenters. The van der Waals surface area contributed by atoms with E-state index in [0.29, 0.717) is 11.8 Å². The maximum absolute atomic E-state index is 5.30. The van der Waals surface area contributed by atoms with Crippen molar-refractivity contribution in [3.05, 3.63) is 28.7 Å². The Morgan fingerprint density at radius 1 is 1.28 bits per heavy atom. The number of likely N-dealkylation sites (tertiary alicyclic amines) is 1. The SMILES string of the molecule is CN=C(NCC1CCN(c2cccc(Br)c2)C1)N1CCC(COC)C1. The van der Waals surface area contributed by atoms with Crippen LogP contribution >= 0.6 is 15.9 Å². The number of halogens is 1. The summed E-state index contributed by atoms with van der Waals surface area (Å²) in [5, 5.41) is 3.60. The van der Waals surface area contributed by atoms with Gasteiger partial charge < -0.3 is 19.9 Å². The Balaban J connectivity index is 1.47. The number of guanidine groups is 1. The van der Waals surface area contributed by atoms with Crippen molar-refractivity contribution in [1.82, 2.24) is 10.2 Å². The van der Waals surface area contributed by atoms with E-state index in [2.05, 4.69) is 60.3 Å². The van der Waals surface area contributed by atoms with E-state index in [4.69, 9.17) is 4.74 Å². The van der Waals surface area contributed by atoms with Crippen LogP contribution in [0.25, 0.3) is 0 Å². The highest BCUT2D eigenvalue weighted by molar-refractivity contribution is 9.10. The Kier molecular flexibility index (Phi) is 6.59. The third-order valence-corrected chi connectivity index (χ3v) is 5.70. The van der Waals surface area contributed by atoms with E-state index in [1.165, 1.54) is 18.5 Å². The van der Waals surface area contributed by atoms with Crippen molar-refractivity contribution >= 4 is 27.6 Å². The van der Waals surface area contributed by atoms with Gasteiger partial charge in [-0.15, -0.1) is 0 Å². The molecule has 1 N–H and O–H groups in total. The number of methoxy groups -OCH3 is 1. The predicted octanol–water partition coefficient (Wildman–Crippen LogP) is 2.82. The van der Waals surface area contributed by atoms with Gasteiger partial charge >= 0.3 is 0 Å². The third kappa shape index (κ3) is 4.88. The molecule has 138 valence electrons. The molecule has 0 spiro atoms. The van der Waals surface area contributed by atoms with Gasteiger partial charge in [0.25, 0.3) is 0 Å². The Morgan fingerprint density at radius 2 is 2.12 bits per heavy atom. The molecular formula is C19H29BrN4O. The van der Waals surface area contributed by atoms with Gasteiger partial charge in [0.2, 0.25) is 0 Å². The minimum atomic E-state index is 0.627. The fourth-order valence-corrected chi connectivity index (χ4v) is 4.26. The molecule has 6 heteroatoms. The van der Waals surface area contributed by atoms with E-state index < -0.39 is 0 Å². The maximum atomic E-state index is 5.30. The summed E-state index contributed by atoms with van der Waals surface area (Å²) in [5.74, 6) is 2.33. The second-order valence-corrected chi connectivity index (χ2v) is 7.98. The highest BCUT2D eigenvalue weighted by atomic mass is 79.9. The normalized spacial score (nSPS) is 24.2. The van der Waals surface area contributed by atoms with Crippen molar-refractivity contribution in [1.29, 1.82) is 0 Å². The molecule has 2 saturated heterocycles. The van der Waals surface area contributed by atoms with Crippen LogP contribution in [0.3, 0.4) is 0 Å². The van der Waals surface area contributed by atoms with Crippen LogP contribution in [0.1, 0.15) is 12.8 Å². The van der Waals surface area contributed by atoms with Crippen molar-refractivity contribution in [3.63, 3.8) is 0 Å². The molecule has 1 aromatic carbocycles. The molecule has 0 saturated carbocycles. The highest BCUT2D eigenvalue weighted by Gasteiger charge is 2.27. The van der Waals surface area contributed by atoms with Crippen molar-refractivity contribution in [2.75, 3.05) is 58.4 Å². The summed E-state index contributed by atoms with van der Waals surface area (Å²) in [4.78, 5) is 9.33. The average Bonchev–Trinajstić information content (AvgIpc) is 3.26. The van der Waals surface area contributed by atoms with Gasteiger partial charge in [0, 0.05) is 63.0 Å². The minimum Gasteiger partial charge on any atom is -0.384 e. The largest absolute Gasteiger partial charge is 0.384 e. The predicted molar refractivity (Wildman–Crippen MR) is 107 cm³/mol. The summed E-state index contributed by atoms with van der Waals surface area (Å²) in [6.45, 7) is 6.18. The van der Waals surface area contributed by atoms with Crippen LogP contribution in [0.15, 0.2) is 33.7 Å². The molecule has 2 aliphatic heterocycles. The Morgan fingerprint density at radius 3 is 2.88 bits per heavy atom. The number of ether oxygens (including phenoxy) is 1. The molecule has 0 aromatic heterocycles. The Hall–Kier alpha value is -1.27. The summed E-state index contributed by atoms with van der Waals surface area (Å²) in [6, 6.07) is 8.58. The molecule has 2 aliphatic rings. The molecule has 3 rings (SSSR count).